The summed E-state index contributed by atoms with van der Waals surface area (Å²) >= 11 is 1.40. The number of hydrogen-bond acceptors (Lipinski definition) is 3. The van der Waals surface area contributed by atoms with E-state index in [2.05, 4.69) is 5.32 Å². The molecule has 3 rings (SSSR count). The third-order valence-electron chi connectivity index (χ3n) is 4.49. The van der Waals surface area contributed by atoms with Crippen molar-refractivity contribution in [2.75, 3.05) is 16.0 Å². The first kappa shape index (κ1) is 22.2. The molecule has 2 amide bonds. The van der Waals surface area contributed by atoms with E-state index in [4.69, 9.17) is 0 Å². The number of thioether (sulfide) groups is 1. The zero-order valence-corrected chi connectivity index (χ0v) is 17.7. The van der Waals surface area contributed by atoms with Crippen molar-refractivity contribution in [2.45, 2.75) is 38.7 Å². The molecule has 160 valence electrons. The number of halogens is 3. The SMILES string of the molecule is CC(C)(C)CC(=O)Nc1cccc(C2SCC(=O)N2c2ccc(C(F)(F)F)cc2)c1. The molecule has 2 aromatic carbocycles. The Morgan fingerprint density at radius 2 is 1.80 bits per heavy atom. The van der Waals surface area contributed by atoms with Gasteiger partial charge in [0.2, 0.25) is 11.8 Å². The summed E-state index contributed by atoms with van der Waals surface area (Å²) in [5, 5.41) is 2.49. The Labute approximate surface area is 177 Å². The van der Waals surface area contributed by atoms with E-state index in [-0.39, 0.29) is 28.4 Å². The average Bonchev–Trinajstić information content (AvgIpc) is 3.01. The Kier molecular flexibility index (Phi) is 6.17. The third kappa shape index (κ3) is 5.36. The molecular formula is C22H23F3N2O2S. The van der Waals surface area contributed by atoms with Crippen LogP contribution in [0.25, 0.3) is 0 Å². The van der Waals surface area contributed by atoms with Crippen LogP contribution >= 0.6 is 11.8 Å². The van der Waals surface area contributed by atoms with Crippen molar-refractivity contribution in [3.63, 3.8) is 0 Å². The standard InChI is InChI=1S/C22H23F3N2O2S/c1-21(2,3)12-18(28)26-16-6-4-5-14(11-16)20-27(19(29)13-30-20)17-9-7-15(8-10-17)22(23,24)25/h4-11,20H,12-13H2,1-3H3,(H,26,28). The van der Waals surface area contributed by atoms with Gasteiger partial charge in [0, 0.05) is 17.8 Å². The Morgan fingerprint density at radius 1 is 1.13 bits per heavy atom. The number of nitrogens with one attached hydrogen (secondary N) is 1. The monoisotopic (exact) mass is 436 g/mol. The number of alkyl halides is 3. The van der Waals surface area contributed by atoms with Crippen LogP contribution in [-0.4, -0.2) is 17.6 Å². The number of hydrogen-bond donors (Lipinski definition) is 1. The quantitative estimate of drug-likeness (QED) is 0.653. The maximum Gasteiger partial charge on any atom is 0.416 e. The van der Waals surface area contributed by atoms with E-state index in [1.165, 1.54) is 28.8 Å². The summed E-state index contributed by atoms with van der Waals surface area (Å²) in [6.45, 7) is 5.93. The summed E-state index contributed by atoms with van der Waals surface area (Å²) in [6.07, 6.45) is -4.06. The van der Waals surface area contributed by atoms with Crippen molar-refractivity contribution in [1.29, 1.82) is 0 Å². The first-order valence-corrected chi connectivity index (χ1v) is 10.5. The van der Waals surface area contributed by atoms with Crippen molar-refractivity contribution in [3.8, 4) is 0 Å². The van der Waals surface area contributed by atoms with Crippen molar-refractivity contribution < 1.29 is 22.8 Å². The highest BCUT2D eigenvalue weighted by Crippen LogP contribution is 2.43. The lowest BCUT2D eigenvalue weighted by Gasteiger charge is -2.25. The largest absolute Gasteiger partial charge is 0.416 e. The summed E-state index contributed by atoms with van der Waals surface area (Å²) in [5.74, 6) is -0.0481. The molecule has 0 radical (unpaired) electrons. The Hall–Kier alpha value is -2.48. The Bertz CT molecular complexity index is 937. The number of carbonyl (C=O) groups excluding carboxylic acids is 2. The minimum atomic E-state index is -4.43. The van der Waals surface area contributed by atoms with Crippen LogP contribution in [0.1, 0.15) is 43.7 Å². The lowest BCUT2D eigenvalue weighted by molar-refractivity contribution is -0.137. The van der Waals surface area contributed by atoms with Gasteiger partial charge in [-0.1, -0.05) is 32.9 Å². The van der Waals surface area contributed by atoms with E-state index in [0.29, 0.717) is 17.8 Å². The second-order valence-electron chi connectivity index (χ2n) is 8.38. The molecule has 1 N–H and O–H groups in total. The van der Waals surface area contributed by atoms with Crippen LogP contribution in [-0.2, 0) is 15.8 Å². The molecule has 0 spiro atoms. The van der Waals surface area contributed by atoms with Crippen LogP contribution in [0.4, 0.5) is 24.5 Å². The van der Waals surface area contributed by atoms with Crippen molar-refractivity contribution in [1.82, 2.24) is 0 Å². The number of carbonyl (C=O) groups is 2. The summed E-state index contributed by atoms with van der Waals surface area (Å²) in [4.78, 5) is 26.2. The zero-order chi connectivity index (χ0) is 22.1. The summed E-state index contributed by atoms with van der Waals surface area (Å²) in [6, 6.07) is 11.8. The van der Waals surface area contributed by atoms with Gasteiger partial charge in [-0.2, -0.15) is 13.2 Å². The first-order valence-electron chi connectivity index (χ1n) is 9.45. The summed E-state index contributed by atoms with van der Waals surface area (Å²) in [7, 11) is 0. The van der Waals surface area contributed by atoms with Crippen LogP contribution in [0.15, 0.2) is 48.5 Å². The Morgan fingerprint density at radius 3 is 2.40 bits per heavy atom. The fourth-order valence-electron chi connectivity index (χ4n) is 3.22. The van der Waals surface area contributed by atoms with Gasteiger partial charge >= 0.3 is 6.18 Å². The van der Waals surface area contributed by atoms with Crippen LogP contribution in [0, 0.1) is 5.41 Å². The normalized spacial score (nSPS) is 17.3. The lowest BCUT2D eigenvalue weighted by atomic mass is 9.92. The number of benzene rings is 2. The molecule has 8 heteroatoms. The molecule has 1 saturated heterocycles. The molecule has 0 saturated carbocycles. The van der Waals surface area contributed by atoms with E-state index >= 15 is 0 Å². The van der Waals surface area contributed by atoms with Crippen LogP contribution < -0.4 is 10.2 Å². The Balaban J connectivity index is 1.82. The fraction of sp³-hybridized carbons (Fsp3) is 0.364. The molecule has 0 aromatic heterocycles. The van der Waals surface area contributed by atoms with Gasteiger partial charge in [0.15, 0.2) is 0 Å². The van der Waals surface area contributed by atoms with Gasteiger partial charge in [0.05, 0.1) is 11.3 Å². The second-order valence-corrected chi connectivity index (χ2v) is 9.45. The van der Waals surface area contributed by atoms with E-state index in [9.17, 15) is 22.8 Å². The zero-order valence-electron chi connectivity index (χ0n) is 16.9. The molecule has 0 aliphatic carbocycles. The first-order chi connectivity index (χ1) is 13.9. The van der Waals surface area contributed by atoms with Gasteiger partial charge in [-0.15, -0.1) is 11.8 Å². The van der Waals surface area contributed by atoms with E-state index in [1.807, 2.05) is 26.8 Å². The maximum atomic E-state index is 12.8. The molecule has 1 heterocycles. The molecule has 1 aliphatic heterocycles. The maximum absolute atomic E-state index is 12.8. The van der Waals surface area contributed by atoms with Crippen LogP contribution in [0.2, 0.25) is 0 Å². The topological polar surface area (TPSA) is 49.4 Å². The predicted octanol–water partition coefficient (Wildman–Crippen LogP) is 5.86. The molecule has 2 aromatic rings. The highest BCUT2D eigenvalue weighted by Gasteiger charge is 2.35. The van der Waals surface area contributed by atoms with Gasteiger partial charge in [-0.3, -0.25) is 14.5 Å². The summed E-state index contributed by atoms with van der Waals surface area (Å²) in [5.41, 5.74) is 0.915. The molecule has 30 heavy (non-hydrogen) atoms. The van der Waals surface area contributed by atoms with Gasteiger partial charge < -0.3 is 5.32 Å². The average molecular weight is 436 g/mol. The van der Waals surface area contributed by atoms with E-state index in [1.54, 1.807) is 18.2 Å². The van der Waals surface area contributed by atoms with Crippen molar-refractivity contribution in [3.05, 3.63) is 59.7 Å². The van der Waals surface area contributed by atoms with Crippen molar-refractivity contribution in [2.24, 2.45) is 5.41 Å². The van der Waals surface area contributed by atoms with E-state index in [0.717, 1.165) is 17.7 Å². The number of rotatable bonds is 4. The highest BCUT2D eigenvalue weighted by atomic mass is 32.2. The molecule has 1 fully saturated rings. The molecule has 0 bridgehead atoms. The smallest absolute Gasteiger partial charge is 0.326 e. The lowest BCUT2D eigenvalue weighted by Crippen LogP contribution is -2.28. The molecule has 1 atom stereocenters. The van der Waals surface area contributed by atoms with Crippen LogP contribution in [0.5, 0.6) is 0 Å². The number of amides is 2. The van der Waals surface area contributed by atoms with Gasteiger partial charge in [-0.05, 0) is 47.4 Å². The number of nitrogens with zero attached hydrogens (tertiary/aromatic N) is 1. The molecule has 1 unspecified atom stereocenters. The fourth-order valence-corrected chi connectivity index (χ4v) is 4.38. The molecule has 1 aliphatic rings. The minimum absolute atomic E-state index is 0.102. The second kappa shape index (κ2) is 8.34. The minimum Gasteiger partial charge on any atom is -0.326 e. The molecule has 4 nitrogen and oxygen atoms in total. The van der Waals surface area contributed by atoms with Gasteiger partial charge in [0.25, 0.3) is 0 Å². The molecular weight excluding hydrogens is 413 g/mol. The van der Waals surface area contributed by atoms with Crippen molar-refractivity contribution >= 4 is 35.0 Å². The predicted molar refractivity (Wildman–Crippen MR) is 113 cm³/mol. The van der Waals surface area contributed by atoms with E-state index < -0.39 is 11.7 Å². The van der Waals surface area contributed by atoms with Gasteiger partial charge in [-0.25, -0.2) is 0 Å². The van der Waals surface area contributed by atoms with Crippen LogP contribution in [0.3, 0.4) is 0 Å². The number of anilines is 2. The van der Waals surface area contributed by atoms with Gasteiger partial charge in [0.1, 0.15) is 5.37 Å². The summed E-state index contributed by atoms with van der Waals surface area (Å²) < 4.78 is 38.5. The third-order valence-corrected chi connectivity index (χ3v) is 5.70. The highest BCUT2D eigenvalue weighted by molar-refractivity contribution is 8.00.